The number of carbonyl (C=O) groups is 2. The molecule has 1 aromatic carbocycles. The van der Waals surface area contributed by atoms with Gasteiger partial charge in [-0.1, -0.05) is 12.1 Å². The van der Waals surface area contributed by atoms with Crippen LogP contribution in [0.2, 0.25) is 0 Å². The number of aryl methyl sites for hydroxylation is 2. The van der Waals surface area contributed by atoms with Crippen LogP contribution in [0.1, 0.15) is 39.4 Å². The molecule has 6 heteroatoms. The Morgan fingerprint density at radius 1 is 1.29 bits per heavy atom. The Balaban J connectivity index is 1.57. The minimum Gasteiger partial charge on any atom is -0.478 e. The number of carbonyl (C=O) groups excluding carboxylic acids is 1. The lowest BCUT2D eigenvalue weighted by Gasteiger charge is -2.24. The highest BCUT2D eigenvalue weighted by Gasteiger charge is 2.21. The molecule has 2 aromatic rings. The van der Waals surface area contributed by atoms with Gasteiger partial charge < -0.3 is 10.4 Å². The second-order valence-electron chi connectivity index (χ2n) is 6.08. The third-order valence-corrected chi connectivity index (χ3v) is 4.20. The second kappa shape index (κ2) is 6.78. The first-order valence-electron chi connectivity index (χ1n) is 7.94. The Labute approximate surface area is 140 Å². The topological polar surface area (TPSA) is 92.2 Å². The fourth-order valence-corrected chi connectivity index (χ4v) is 2.96. The van der Waals surface area contributed by atoms with Gasteiger partial charge in [0.1, 0.15) is 5.82 Å². The van der Waals surface area contributed by atoms with E-state index in [1.54, 1.807) is 12.1 Å². The minimum atomic E-state index is -0.968. The molecule has 0 saturated heterocycles. The van der Waals surface area contributed by atoms with Crippen molar-refractivity contribution in [1.29, 1.82) is 0 Å². The van der Waals surface area contributed by atoms with Crippen LogP contribution in [0, 0.1) is 6.92 Å². The van der Waals surface area contributed by atoms with Gasteiger partial charge in [0.15, 0.2) is 0 Å². The Kier molecular flexibility index (Phi) is 4.55. The highest BCUT2D eigenvalue weighted by Crippen LogP contribution is 2.19. The van der Waals surface area contributed by atoms with Crippen molar-refractivity contribution in [3.8, 4) is 0 Å². The quantitative estimate of drug-likeness (QED) is 0.892. The van der Waals surface area contributed by atoms with Crippen LogP contribution >= 0.6 is 0 Å². The molecule has 6 nitrogen and oxygen atoms in total. The van der Waals surface area contributed by atoms with Crippen molar-refractivity contribution in [3.05, 3.63) is 58.7 Å². The lowest BCUT2D eigenvalue weighted by Crippen LogP contribution is -2.39. The molecule has 0 aliphatic heterocycles. The van der Waals surface area contributed by atoms with Crippen molar-refractivity contribution < 1.29 is 14.7 Å². The molecule has 2 N–H and O–H groups in total. The largest absolute Gasteiger partial charge is 0.478 e. The first kappa shape index (κ1) is 16.1. The maximum absolute atomic E-state index is 12.2. The molecule has 24 heavy (non-hydrogen) atoms. The third kappa shape index (κ3) is 3.76. The van der Waals surface area contributed by atoms with E-state index in [0.717, 1.165) is 41.9 Å². The molecule has 0 saturated carbocycles. The molecule has 3 rings (SSSR count). The molecule has 1 amide bonds. The number of carboxylic acid groups (broad SMARTS) is 1. The van der Waals surface area contributed by atoms with Gasteiger partial charge in [-0.3, -0.25) is 4.79 Å². The predicted molar refractivity (Wildman–Crippen MR) is 87.8 cm³/mol. The van der Waals surface area contributed by atoms with E-state index in [1.807, 2.05) is 13.1 Å². The number of aromatic nitrogens is 2. The average Bonchev–Trinajstić information content (AvgIpc) is 2.55. The fraction of sp³-hybridized carbons (Fsp3) is 0.333. The molecule has 1 heterocycles. The molecule has 0 bridgehead atoms. The summed E-state index contributed by atoms with van der Waals surface area (Å²) in [5.41, 5.74) is 3.20. The van der Waals surface area contributed by atoms with Crippen LogP contribution in [0.15, 0.2) is 30.5 Å². The Morgan fingerprint density at radius 2 is 2.04 bits per heavy atom. The zero-order valence-corrected chi connectivity index (χ0v) is 13.5. The van der Waals surface area contributed by atoms with Gasteiger partial charge in [0.2, 0.25) is 5.91 Å². The Hall–Kier alpha value is -2.76. The number of amides is 1. The Bertz CT molecular complexity index is 772. The van der Waals surface area contributed by atoms with Gasteiger partial charge in [0.25, 0.3) is 0 Å². The number of nitrogens with one attached hydrogen (secondary N) is 1. The number of carboxylic acids is 1. The summed E-state index contributed by atoms with van der Waals surface area (Å²) in [5, 5.41) is 11.9. The molecular weight excluding hydrogens is 306 g/mol. The summed E-state index contributed by atoms with van der Waals surface area (Å²) in [6.07, 6.45) is 4.55. The zero-order chi connectivity index (χ0) is 17.1. The van der Waals surface area contributed by atoms with E-state index in [4.69, 9.17) is 5.11 Å². The van der Waals surface area contributed by atoms with Gasteiger partial charge in [-0.05, 0) is 49.4 Å². The van der Waals surface area contributed by atoms with Crippen LogP contribution in [-0.2, 0) is 24.1 Å². The summed E-state index contributed by atoms with van der Waals surface area (Å²) < 4.78 is 0. The molecule has 1 aliphatic rings. The number of hydrogen-bond acceptors (Lipinski definition) is 4. The second-order valence-corrected chi connectivity index (χ2v) is 6.08. The lowest BCUT2D eigenvalue weighted by molar-refractivity contribution is -0.121. The molecule has 1 unspecified atom stereocenters. The van der Waals surface area contributed by atoms with Crippen LogP contribution in [0.25, 0.3) is 0 Å². The van der Waals surface area contributed by atoms with Crippen molar-refractivity contribution in [2.45, 2.75) is 38.6 Å². The van der Waals surface area contributed by atoms with E-state index < -0.39 is 5.97 Å². The maximum atomic E-state index is 12.2. The molecular formula is C18H19N3O3. The van der Waals surface area contributed by atoms with Crippen molar-refractivity contribution in [2.24, 2.45) is 0 Å². The van der Waals surface area contributed by atoms with Crippen molar-refractivity contribution in [1.82, 2.24) is 15.3 Å². The summed E-state index contributed by atoms with van der Waals surface area (Å²) in [6.45, 7) is 1.88. The van der Waals surface area contributed by atoms with E-state index in [-0.39, 0.29) is 23.9 Å². The minimum absolute atomic E-state index is 0.0560. The highest BCUT2D eigenvalue weighted by atomic mass is 16.4. The summed E-state index contributed by atoms with van der Waals surface area (Å²) >= 11 is 0. The zero-order valence-electron chi connectivity index (χ0n) is 13.5. The average molecular weight is 325 g/mol. The predicted octanol–water partition coefficient (Wildman–Crippen LogP) is 1.70. The first-order chi connectivity index (χ1) is 11.5. The fourth-order valence-electron chi connectivity index (χ4n) is 2.96. The first-order valence-corrected chi connectivity index (χ1v) is 7.94. The third-order valence-electron chi connectivity index (χ3n) is 4.20. The van der Waals surface area contributed by atoms with Crippen molar-refractivity contribution in [2.75, 3.05) is 0 Å². The Morgan fingerprint density at radius 3 is 2.75 bits per heavy atom. The molecule has 1 aromatic heterocycles. The van der Waals surface area contributed by atoms with Gasteiger partial charge in [0, 0.05) is 17.9 Å². The highest BCUT2D eigenvalue weighted by molar-refractivity contribution is 5.87. The van der Waals surface area contributed by atoms with Gasteiger partial charge in [-0.15, -0.1) is 0 Å². The monoisotopic (exact) mass is 325 g/mol. The van der Waals surface area contributed by atoms with Gasteiger partial charge in [-0.25, -0.2) is 14.8 Å². The molecule has 1 aliphatic carbocycles. The number of rotatable bonds is 4. The smallest absolute Gasteiger partial charge is 0.335 e. The number of fused-ring (bicyclic) bond motifs is 1. The normalized spacial score (nSPS) is 16.3. The lowest BCUT2D eigenvalue weighted by atomic mass is 9.92. The maximum Gasteiger partial charge on any atom is 0.335 e. The van der Waals surface area contributed by atoms with E-state index in [9.17, 15) is 9.59 Å². The summed E-state index contributed by atoms with van der Waals surface area (Å²) in [7, 11) is 0. The van der Waals surface area contributed by atoms with Gasteiger partial charge in [0.05, 0.1) is 12.0 Å². The van der Waals surface area contributed by atoms with Crippen LogP contribution in [-0.4, -0.2) is 33.0 Å². The van der Waals surface area contributed by atoms with Crippen LogP contribution < -0.4 is 5.32 Å². The summed E-state index contributed by atoms with van der Waals surface area (Å²) in [4.78, 5) is 31.7. The van der Waals surface area contributed by atoms with Crippen LogP contribution in [0.3, 0.4) is 0 Å². The number of nitrogens with zero attached hydrogens (tertiary/aromatic N) is 2. The van der Waals surface area contributed by atoms with Crippen LogP contribution in [0.5, 0.6) is 0 Å². The summed E-state index contributed by atoms with van der Waals surface area (Å²) in [6, 6.07) is 6.48. The molecule has 0 fully saturated rings. The molecule has 0 radical (unpaired) electrons. The molecule has 124 valence electrons. The number of hydrogen-bond donors (Lipinski definition) is 2. The van der Waals surface area contributed by atoms with Crippen molar-refractivity contribution in [3.63, 3.8) is 0 Å². The van der Waals surface area contributed by atoms with Crippen LogP contribution in [0.4, 0.5) is 0 Å². The van der Waals surface area contributed by atoms with E-state index >= 15 is 0 Å². The van der Waals surface area contributed by atoms with E-state index in [0.29, 0.717) is 0 Å². The van der Waals surface area contributed by atoms with E-state index in [2.05, 4.69) is 15.3 Å². The number of aromatic carboxylic acids is 1. The molecule has 0 spiro atoms. The van der Waals surface area contributed by atoms with Crippen molar-refractivity contribution >= 4 is 11.9 Å². The van der Waals surface area contributed by atoms with Gasteiger partial charge >= 0.3 is 5.97 Å². The summed E-state index contributed by atoms with van der Waals surface area (Å²) in [5.74, 6) is -0.245. The SMILES string of the molecule is Cc1ncc2c(n1)CCC(NC(=O)Cc1ccc(C(=O)O)cc1)C2. The standard InChI is InChI=1S/C18H19N3O3/c1-11-19-10-14-9-15(6-7-16(14)20-11)21-17(22)8-12-2-4-13(5-3-12)18(23)24/h2-5,10,15H,6-9H2,1H3,(H,21,22)(H,23,24). The van der Waals surface area contributed by atoms with E-state index in [1.165, 1.54) is 12.1 Å². The van der Waals surface area contributed by atoms with Gasteiger partial charge in [-0.2, -0.15) is 0 Å². The molecule has 1 atom stereocenters. The number of benzene rings is 1.